The predicted octanol–water partition coefficient (Wildman–Crippen LogP) is 3.39. The minimum atomic E-state index is 0.261. The molecule has 0 saturated heterocycles. The van der Waals surface area contributed by atoms with Gasteiger partial charge in [0.05, 0.1) is 0 Å². The van der Waals surface area contributed by atoms with E-state index in [9.17, 15) is 4.79 Å². The lowest BCUT2D eigenvalue weighted by Crippen LogP contribution is -2.01. The summed E-state index contributed by atoms with van der Waals surface area (Å²) in [6.07, 6.45) is 0.642. The predicted molar refractivity (Wildman–Crippen MR) is 59.6 cm³/mol. The Bertz CT molecular complexity index is 319. The van der Waals surface area contributed by atoms with Gasteiger partial charge in [-0.2, -0.15) is 0 Å². The highest BCUT2D eigenvalue weighted by Gasteiger charge is 2.08. The molecule has 0 bridgehead atoms. The van der Waals surface area contributed by atoms with E-state index >= 15 is 0 Å². The van der Waals surface area contributed by atoms with Crippen LogP contribution in [-0.4, -0.2) is 5.78 Å². The fourth-order valence-electron chi connectivity index (χ4n) is 1.84. The first kappa shape index (κ1) is 11.0. The van der Waals surface area contributed by atoms with E-state index in [0.29, 0.717) is 12.3 Å². The summed E-state index contributed by atoms with van der Waals surface area (Å²) < 4.78 is 0. The van der Waals surface area contributed by atoms with E-state index in [1.54, 1.807) is 6.92 Å². The van der Waals surface area contributed by atoms with Gasteiger partial charge in [0.2, 0.25) is 0 Å². The van der Waals surface area contributed by atoms with Crippen molar-refractivity contribution in [3.8, 4) is 0 Å². The summed E-state index contributed by atoms with van der Waals surface area (Å²) in [5.74, 6) is 0.600. The quantitative estimate of drug-likeness (QED) is 0.714. The van der Waals surface area contributed by atoms with Crippen LogP contribution in [0, 0.1) is 13.8 Å². The molecule has 76 valence electrons. The molecule has 0 N–H and O–H groups in total. The van der Waals surface area contributed by atoms with Crippen molar-refractivity contribution in [2.75, 3.05) is 0 Å². The Morgan fingerprint density at radius 2 is 1.71 bits per heavy atom. The molecular formula is C13H18O. The Labute approximate surface area is 86.1 Å². The van der Waals surface area contributed by atoms with E-state index in [2.05, 4.69) is 39.0 Å². The van der Waals surface area contributed by atoms with E-state index in [1.807, 2.05) is 0 Å². The lowest BCUT2D eigenvalue weighted by molar-refractivity contribution is -0.117. The molecule has 0 amide bonds. The molecule has 1 rings (SSSR count). The summed E-state index contributed by atoms with van der Waals surface area (Å²) >= 11 is 0. The van der Waals surface area contributed by atoms with Gasteiger partial charge in [0.15, 0.2) is 0 Å². The van der Waals surface area contributed by atoms with Crippen molar-refractivity contribution < 1.29 is 4.79 Å². The van der Waals surface area contributed by atoms with Crippen LogP contribution >= 0.6 is 0 Å². The molecule has 14 heavy (non-hydrogen) atoms. The molecule has 0 aromatic heterocycles. The van der Waals surface area contributed by atoms with Crippen molar-refractivity contribution in [2.24, 2.45) is 0 Å². The number of hydrogen-bond acceptors (Lipinski definition) is 1. The minimum Gasteiger partial charge on any atom is -0.300 e. The third kappa shape index (κ3) is 2.99. The molecular weight excluding hydrogens is 172 g/mol. The van der Waals surface area contributed by atoms with Crippen molar-refractivity contribution >= 4 is 5.78 Å². The van der Waals surface area contributed by atoms with E-state index in [0.717, 1.165) is 0 Å². The van der Waals surface area contributed by atoms with Crippen molar-refractivity contribution in [1.29, 1.82) is 0 Å². The Hall–Kier alpha value is -1.11. The highest BCUT2D eigenvalue weighted by atomic mass is 16.1. The maximum Gasteiger partial charge on any atom is 0.130 e. The van der Waals surface area contributed by atoms with Crippen LogP contribution in [-0.2, 0) is 4.79 Å². The number of aryl methyl sites for hydroxylation is 2. The average Bonchev–Trinajstić information content (AvgIpc) is 2.00. The second-order valence-corrected chi connectivity index (χ2v) is 4.23. The molecule has 1 nitrogen and oxygen atoms in total. The molecule has 1 aromatic carbocycles. The Morgan fingerprint density at radius 3 is 2.14 bits per heavy atom. The molecule has 0 aliphatic carbocycles. The first-order chi connectivity index (χ1) is 6.49. The third-order valence-corrected chi connectivity index (χ3v) is 2.41. The first-order valence-corrected chi connectivity index (χ1v) is 5.06. The summed E-state index contributed by atoms with van der Waals surface area (Å²) in [5.41, 5.74) is 3.82. The summed E-state index contributed by atoms with van der Waals surface area (Å²) in [7, 11) is 0. The number of rotatable bonds is 3. The second kappa shape index (κ2) is 4.41. The van der Waals surface area contributed by atoms with Crippen LogP contribution in [0.5, 0.6) is 0 Å². The van der Waals surface area contributed by atoms with E-state index in [1.165, 1.54) is 16.7 Å². The fourth-order valence-corrected chi connectivity index (χ4v) is 1.84. The molecule has 0 unspecified atom stereocenters. The van der Waals surface area contributed by atoms with E-state index in [-0.39, 0.29) is 5.78 Å². The Balaban J connectivity index is 2.89. The van der Waals surface area contributed by atoms with Gasteiger partial charge in [-0.1, -0.05) is 36.2 Å². The SMILES string of the molecule is CC(=O)C[C@@H](C)c1cc(C)cc(C)c1. The van der Waals surface area contributed by atoms with Gasteiger partial charge in [-0.3, -0.25) is 0 Å². The molecule has 0 fully saturated rings. The van der Waals surface area contributed by atoms with Crippen LogP contribution in [0.3, 0.4) is 0 Å². The minimum absolute atomic E-state index is 0.261. The maximum absolute atomic E-state index is 11.0. The van der Waals surface area contributed by atoms with Gasteiger partial charge in [0, 0.05) is 6.42 Å². The zero-order valence-electron chi connectivity index (χ0n) is 9.42. The maximum atomic E-state index is 11.0. The van der Waals surface area contributed by atoms with E-state index in [4.69, 9.17) is 0 Å². The van der Waals surface area contributed by atoms with Crippen molar-refractivity contribution in [1.82, 2.24) is 0 Å². The Morgan fingerprint density at radius 1 is 1.21 bits per heavy atom. The van der Waals surface area contributed by atoms with Crippen molar-refractivity contribution in [2.45, 2.75) is 40.0 Å². The number of carbonyl (C=O) groups is 1. The number of ketones is 1. The molecule has 1 heteroatoms. The second-order valence-electron chi connectivity index (χ2n) is 4.23. The van der Waals surface area contributed by atoms with Gasteiger partial charge in [0.25, 0.3) is 0 Å². The molecule has 0 radical (unpaired) electrons. The van der Waals surface area contributed by atoms with Gasteiger partial charge >= 0.3 is 0 Å². The molecule has 0 spiro atoms. The topological polar surface area (TPSA) is 17.1 Å². The normalized spacial score (nSPS) is 12.6. The summed E-state index contributed by atoms with van der Waals surface area (Å²) in [6, 6.07) is 6.49. The van der Waals surface area contributed by atoms with Crippen LogP contribution in [0.4, 0.5) is 0 Å². The monoisotopic (exact) mass is 190 g/mol. The molecule has 1 aromatic rings. The zero-order valence-corrected chi connectivity index (χ0v) is 9.42. The number of carbonyl (C=O) groups excluding carboxylic acids is 1. The van der Waals surface area contributed by atoms with Gasteiger partial charge < -0.3 is 4.79 Å². The van der Waals surface area contributed by atoms with Crippen molar-refractivity contribution in [3.05, 3.63) is 34.9 Å². The smallest absolute Gasteiger partial charge is 0.130 e. The first-order valence-electron chi connectivity index (χ1n) is 5.06. The lowest BCUT2D eigenvalue weighted by atomic mass is 9.93. The van der Waals surface area contributed by atoms with E-state index < -0.39 is 0 Å². The van der Waals surface area contributed by atoms with Gasteiger partial charge in [0.1, 0.15) is 5.78 Å². The zero-order chi connectivity index (χ0) is 10.7. The lowest BCUT2D eigenvalue weighted by Gasteiger charge is -2.11. The van der Waals surface area contributed by atoms with Crippen LogP contribution in [0.2, 0.25) is 0 Å². The average molecular weight is 190 g/mol. The Kier molecular flexibility index (Phi) is 3.45. The molecule has 1 atom stereocenters. The van der Waals surface area contributed by atoms with Gasteiger partial charge in [-0.05, 0) is 32.3 Å². The summed E-state index contributed by atoms with van der Waals surface area (Å²) in [6.45, 7) is 7.95. The fraction of sp³-hybridized carbons (Fsp3) is 0.462. The largest absolute Gasteiger partial charge is 0.300 e. The van der Waals surface area contributed by atoms with Crippen LogP contribution in [0.1, 0.15) is 42.9 Å². The summed E-state index contributed by atoms with van der Waals surface area (Å²) in [4.78, 5) is 11.0. The highest BCUT2D eigenvalue weighted by molar-refractivity contribution is 5.76. The van der Waals surface area contributed by atoms with Gasteiger partial charge in [-0.15, -0.1) is 0 Å². The van der Waals surface area contributed by atoms with Crippen LogP contribution < -0.4 is 0 Å². The number of benzene rings is 1. The van der Waals surface area contributed by atoms with Gasteiger partial charge in [-0.25, -0.2) is 0 Å². The summed E-state index contributed by atoms with van der Waals surface area (Å²) in [5, 5.41) is 0. The van der Waals surface area contributed by atoms with Crippen LogP contribution in [0.25, 0.3) is 0 Å². The van der Waals surface area contributed by atoms with Crippen LogP contribution in [0.15, 0.2) is 18.2 Å². The van der Waals surface area contributed by atoms with Crippen molar-refractivity contribution in [3.63, 3.8) is 0 Å². The third-order valence-electron chi connectivity index (χ3n) is 2.41. The molecule has 0 aliphatic rings. The molecule has 0 aliphatic heterocycles. The highest BCUT2D eigenvalue weighted by Crippen LogP contribution is 2.21. The molecule has 0 saturated carbocycles. The number of hydrogen-bond donors (Lipinski definition) is 0. The molecule has 0 heterocycles. The number of Topliss-reactive ketones (excluding diaryl/α,β-unsaturated/α-hetero) is 1. The standard InChI is InChI=1S/C13H18O/c1-9-5-10(2)7-13(6-9)11(3)8-12(4)14/h5-7,11H,8H2,1-4H3/t11-/m1/s1.